The second-order valence-electron chi connectivity index (χ2n) is 8.21. The summed E-state index contributed by atoms with van der Waals surface area (Å²) in [6.07, 6.45) is 10.5. The Labute approximate surface area is 134 Å². The molecule has 4 aliphatic carbocycles. The van der Waals surface area contributed by atoms with Crippen LogP contribution in [-0.2, 0) is 4.79 Å². The largest absolute Gasteiger partial charge is 0.341 e. The molecule has 1 unspecified atom stereocenters. The maximum atomic E-state index is 12.7. The number of rotatable bonds is 3. The standard InChI is InChI=1S/C17H28N2O.ClH/c1-18-15-2-3-19(11-15)16(20)10-17-7-12-4-13(8-17)6-14(5-12)9-17;/h12-15,18H,2-11H2,1H3;1H. The van der Waals surface area contributed by atoms with E-state index in [1.807, 2.05) is 7.05 Å². The van der Waals surface area contributed by atoms with E-state index in [0.29, 0.717) is 17.4 Å². The van der Waals surface area contributed by atoms with E-state index in [4.69, 9.17) is 0 Å². The normalized spacial score (nSPS) is 44.0. The van der Waals surface area contributed by atoms with E-state index in [-0.39, 0.29) is 12.4 Å². The summed E-state index contributed by atoms with van der Waals surface area (Å²) in [5.74, 6) is 3.32. The molecule has 0 aromatic carbocycles. The first-order valence-corrected chi connectivity index (χ1v) is 8.61. The van der Waals surface area contributed by atoms with Crippen molar-refractivity contribution < 1.29 is 4.79 Å². The number of likely N-dealkylation sites (tertiary alicyclic amines) is 1. The quantitative estimate of drug-likeness (QED) is 0.869. The smallest absolute Gasteiger partial charge is 0.223 e. The van der Waals surface area contributed by atoms with Crippen molar-refractivity contribution in [3.05, 3.63) is 0 Å². The van der Waals surface area contributed by atoms with Crippen molar-refractivity contribution in [2.75, 3.05) is 20.1 Å². The fourth-order valence-corrected chi connectivity index (χ4v) is 6.16. The van der Waals surface area contributed by atoms with Crippen LogP contribution in [0, 0.1) is 23.2 Å². The summed E-state index contributed by atoms with van der Waals surface area (Å²) in [5.41, 5.74) is 0.406. The number of hydrogen-bond donors (Lipinski definition) is 1. The van der Waals surface area contributed by atoms with Crippen LogP contribution in [0.3, 0.4) is 0 Å². The minimum absolute atomic E-state index is 0. The number of likely N-dealkylation sites (N-methyl/N-ethyl adjacent to an activating group) is 1. The van der Waals surface area contributed by atoms with Crippen LogP contribution in [0.5, 0.6) is 0 Å². The first-order valence-electron chi connectivity index (χ1n) is 8.61. The summed E-state index contributed by atoms with van der Waals surface area (Å²) in [5, 5.41) is 3.31. The third kappa shape index (κ3) is 2.84. The van der Waals surface area contributed by atoms with E-state index in [9.17, 15) is 4.79 Å². The minimum atomic E-state index is 0. The summed E-state index contributed by atoms with van der Waals surface area (Å²) in [7, 11) is 2.01. The number of nitrogens with one attached hydrogen (secondary N) is 1. The van der Waals surface area contributed by atoms with Gasteiger partial charge in [0.15, 0.2) is 0 Å². The number of carbonyl (C=O) groups excluding carboxylic acids is 1. The molecule has 1 N–H and O–H groups in total. The Morgan fingerprint density at radius 3 is 2.19 bits per heavy atom. The lowest BCUT2D eigenvalue weighted by atomic mass is 9.49. The van der Waals surface area contributed by atoms with Crippen LogP contribution in [0.15, 0.2) is 0 Å². The molecule has 1 heterocycles. The Kier molecular flexibility index (Phi) is 4.26. The Morgan fingerprint density at radius 1 is 1.14 bits per heavy atom. The highest BCUT2D eigenvalue weighted by Gasteiger charge is 2.51. The SMILES string of the molecule is CNC1CCN(C(=O)CC23CC4CC(CC(C4)C2)C3)C1.Cl. The second kappa shape index (κ2) is 5.73. The van der Waals surface area contributed by atoms with Gasteiger partial charge in [0.05, 0.1) is 0 Å². The minimum Gasteiger partial charge on any atom is -0.341 e. The van der Waals surface area contributed by atoms with Crippen molar-refractivity contribution >= 4 is 18.3 Å². The maximum Gasteiger partial charge on any atom is 0.223 e. The number of nitrogens with zero attached hydrogens (tertiary/aromatic N) is 1. The fraction of sp³-hybridized carbons (Fsp3) is 0.941. The van der Waals surface area contributed by atoms with E-state index in [0.717, 1.165) is 43.7 Å². The molecule has 5 aliphatic rings. The lowest BCUT2D eigenvalue weighted by Crippen LogP contribution is -2.48. The molecule has 21 heavy (non-hydrogen) atoms. The second-order valence-corrected chi connectivity index (χ2v) is 8.21. The molecule has 1 saturated heterocycles. The average Bonchev–Trinajstić information content (AvgIpc) is 2.85. The molecule has 0 aromatic heterocycles. The molecule has 4 heteroatoms. The molecular formula is C17H29ClN2O. The van der Waals surface area contributed by atoms with E-state index in [1.165, 1.54) is 38.5 Å². The monoisotopic (exact) mass is 312 g/mol. The Morgan fingerprint density at radius 2 is 1.71 bits per heavy atom. The molecule has 1 aliphatic heterocycles. The highest BCUT2D eigenvalue weighted by atomic mass is 35.5. The highest BCUT2D eigenvalue weighted by Crippen LogP contribution is 2.61. The lowest BCUT2D eigenvalue weighted by Gasteiger charge is -2.56. The molecule has 120 valence electrons. The molecule has 3 nitrogen and oxygen atoms in total. The molecule has 0 aromatic rings. The van der Waals surface area contributed by atoms with Gasteiger partial charge in [-0.3, -0.25) is 4.79 Å². The van der Waals surface area contributed by atoms with Crippen LogP contribution in [0.25, 0.3) is 0 Å². The molecule has 4 saturated carbocycles. The van der Waals surface area contributed by atoms with Crippen molar-refractivity contribution in [1.82, 2.24) is 10.2 Å². The van der Waals surface area contributed by atoms with Crippen LogP contribution in [0.1, 0.15) is 51.4 Å². The van der Waals surface area contributed by atoms with Crippen LogP contribution in [0.4, 0.5) is 0 Å². The van der Waals surface area contributed by atoms with Gasteiger partial charge in [0.25, 0.3) is 0 Å². The Balaban J connectivity index is 0.00000132. The van der Waals surface area contributed by atoms with Gasteiger partial charge in [-0.25, -0.2) is 0 Å². The summed E-state index contributed by atoms with van der Waals surface area (Å²) in [4.78, 5) is 14.8. The lowest BCUT2D eigenvalue weighted by molar-refractivity contribution is -0.138. The van der Waals surface area contributed by atoms with Gasteiger partial charge in [-0.1, -0.05) is 0 Å². The number of hydrogen-bond acceptors (Lipinski definition) is 2. The van der Waals surface area contributed by atoms with Crippen molar-refractivity contribution in [3.8, 4) is 0 Å². The Hall–Kier alpha value is -0.280. The third-order valence-corrected chi connectivity index (χ3v) is 6.64. The number of amides is 1. The van der Waals surface area contributed by atoms with Gasteiger partial charge in [-0.05, 0) is 75.2 Å². The van der Waals surface area contributed by atoms with E-state index in [2.05, 4.69) is 10.2 Å². The van der Waals surface area contributed by atoms with Crippen LogP contribution < -0.4 is 5.32 Å². The van der Waals surface area contributed by atoms with E-state index in [1.54, 1.807) is 0 Å². The van der Waals surface area contributed by atoms with Gasteiger partial charge in [-0.15, -0.1) is 12.4 Å². The van der Waals surface area contributed by atoms with Gasteiger partial charge < -0.3 is 10.2 Å². The predicted molar refractivity (Wildman–Crippen MR) is 86.5 cm³/mol. The Bertz CT molecular complexity index is 376. The first-order chi connectivity index (χ1) is 9.66. The molecular weight excluding hydrogens is 284 g/mol. The predicted octanol–water partition coefficient (Wildman–Crippen LogP) is 2.84. The summed E-state index contributed by atoms with van der Waals surface area (Å²) < 4.78 is 0. The summed E-state index contributed by atoms with van der Waals surface area (Å²) >= 11 is 0. The number of halogens is 1. The zero-order chi connectivity index (χ0) is 13.7. The highest BCUT2D eigenvalue weighted by molar-refractivity contribution is 5.85. The molecule has 0 radical (unpaired) electrons. The zero-order valence-corrected chi connectivity index (χ0v) is 14.0. The van der Waals surface area contributed by atoms with Crippen molar-refractivity contribution in [2.45, 2.75) is 57.4 Å². The molecule has 5 fully saturated rings. The molecule has 4 bridgehead atoms. The van der Waals surface area contributed by atoms with Gasteiger partial charge in [0.2, 0.25) is 5.91 Å². The summed E-state index contributed by atoms with van der Waals surface area (Å²) in [6, 6.07) is 0.523. The van der Waals surface area contributed by atoms with Crippen LogP contribution in [0.2, 0.25) is 0 Å². The topological polar surface area (TPSA) is 32.3 Å². The van der Waals surface area contributed by atoms with E-state index >= 15 is 0 Å². The van der Waals surface area contributed by atoms with Crippen molar-refractivity contribution in [1.29, 1.82) is 0 Å². The van der Waals surface area contributed by atoms with Crippen LogP contribution in [-0.4, -0.2) is 37.0 Å². The van der Waals surface area contributed by atoms with Gasteiger partial charge in [-0.2, -0.15) is 0 Å². The number of carbonyl (C=O) groups is 1. The maximum absolute atomic E-state index is 12.7. The third-order valence-electron chi connectivity index (χ3n) is 6.64. The van der Waals surface area contributed by atoms with Crippen LogP contribution >= 0.6 is 12.4 Å². The molecule has 1 atom stereocenters. The summed E-state index contributed by atoms with van der Waals surface area (Å²) in [6.45, 7) is 1.90. The first kappa shape index (κ1) is 15.6. The molecule has 5 rings (SSSR count). The van der Waals surface area contributed by atoms with Crippen molar-refractivity contribution in [2.24, 2.45) is 23.2 Å². The van der Waals surface area contributed by atoms with E-state index < -0.39 is 0 Å². The van der Waals surface area contributed by atoms with Gasteiger partial charge in [0.1, 0.15) is 0 Å². The van der Waals surface area contributed by atoms with Gasteiger partial charge >= 0.3 is 0 Å². The zero-order valence-electron chi connectivity index (χ0n) is 13.1. The van der Waals surface area contributed by atoms with Gasteiger partial charge in [0, 0.05) is 25.6 Å². The van der Waals surface area contributed by atoms with Crippen molar-refractivity contribution in [3.63, 3.8) is 0 Å². The fourth-order valence-electron chi connectivity index (χ4n) is 6.16. The molecule has 0 spiro atoms. The average molecular weight is 313 g/mol. The molecule has 1 amide bonds.